The van der Waals surface area contributed by atoms with Crippen LogP contribution in [-0.4, -0.2) is 38.0 Å². The zero-order valence-corrected chi connectivity index (χ0v) is 9.01. The van der Waals surface area contributed by atoms with Gasteiger partial charge in [-0.2, -0.15) is 0 Å². The van der Waals surface area contributed by atoms with Gasteiger partial charge >= 0.3 is 5.97 Å². The highest BCUT2D eigenvalue weighted by Gasteiger charge is 2.01. The fourth-order valence-electron chi connectivity index (χ4n) is 0.997. The topological polar surface area (TPSA) is 65.0 Å². The van der Waals surface area contributed by atoms with Gasteiger partial charge in [-0.15, -0.1) is 0 Å². The molecule has 0 aliphatic carbocycles. The molecule has 0 fully saturated rings. The molecule has 0 aromatic heterocycles. The number of methoxy groups -OCH3 is 1. The molecule has 0 aliphatic heterocycles. The van der Waals surface area contributed by atoms with E-state index in [1.165, 1.54) is 7.11 Å². The predicted octanol–water partition coefficient (Wildman–Crippen LogP) is 0.609. The molecule has 0 bridgehead atoms. The van der Waals surface area contributed by atoms with Gasteiger partial charge in [-0.3, -0.25) is 0 Å². The SMILES string of the molecule is COC(=O)COc1ccc(OCCO)cc1. The second kappa shape index (κ2) is 6.68. The van der Waals surface area contributed by atoms with Crippen LogP contribution in [0.15, 0.2) is 24.3 Å². The maximum absolute atomic E-state index is 10.8. The summed E-state index contributed by atoms with van der Waals surface area (Å²) in [7, 11) is 1.30. The highest BCUT2D eigenvalue weighted by Crippen LogP contribution is 2.17. The Hall–Kier alpha value is -1.75. The number of benzene rings is 1. The fourth-order valence-corrected chi connectivity index (χ4v) is 0.997. The van der Waals surface area contributed by atoms with E-state index in [0.717, 1.165) is 0 Å². The van der Waals surface area contributed by atoms with E-state index in [4.69, 9.17) is 14.6 Å². The minimum atomic E-state index is -0.430. The molecule has 0 saturated heterocycles. The van der Waals surface area contributed by atoms with E-state index < -0.39 is 5.97 Å². The van der Waals surface area contributed by atoms with Crippen molar-refractivity contribution in [2.24, 2.45) is 0 Å². The maximum atomic E-state index is 10.8. The first kappa shape index (κ1) is 12.3. The molecule has 5 heteroatoms. The molecule has 0 spiro atoms. The number of carbonyl (C=O) groups is 1. The Bertz CT molecular complexity index is 320. The third kappa shape index (κ3) is 4.18. The van der Waals surface area contributed by atoms with Crippen LogP contribution in [0.3, 0.4) is 0 Å². The Morgan fingerprint density at radius 1 is 1.19 bits per heavy atom. The Labute approximate surface area is 93.6 Å². The number of carbonyl (C=O) groups excluding carboxylic acids is 1. The van der Waals surface area contributed by atoms with E-state index in [-0.39, 0.29) is 19.8 Å². The van der Waals surface area contributed by atoms with Gasteiger partial charge in [0.05, 0.1) is 13.7 Å². The smallest absolute Gasteiger partial charge is 0.343 e. The second-order valence-electron chi connectivity index (χ2n) is 2.91. The average Bonchev–Trinajstić information content (AvgIpc) is 2.34. The van der Waals surface area contributed by atoms with Gasteiger partial charge in [-0.1, -0.05) is 0 Å². The molecule has 1 aromatic carbocycles. The lowest BCUT2D eigenvalue weighted by Gasteiger charge is -2.06. The van der Waals surface area contributed by atoms with Gasteiger partial charge in [0, 0.05) is 0 Å². The summed E-state index contributed by atoms with van der Waals surface area (Å²) in [6, 6.07) is 6.75. The Morgan fingerprint density at radius 3 is 2.25 bits per heavy atom. The first-order valence-corrected chi connectivity index (χ1v) is 4.79. The molecule has 88 valence electrons. The molecule has 0 radical (unpaired) electrons. The third-order valence-corrected chi connectivity index (χ3v) is 1.77. The zero-order chi connectivity index (χ0) is 11.8. The molecule has 1 rings (SSSR count). The molecule has 0 heterocycles. The van der Waals surface area contributed by atoms with Gasteiger partial charge in [0.25, 0.3) is 0 Å². The fraction of sp³-hybridized carbons (Fsp3) is 0.364. The van der Waals surface area contributed by atoms with Crippen LogP contribution in [0.1, 0.15) is 0 Å². The molecule has 1 aromatic rings. The highest BCUT2D eigenvalue weighted by molar-refractivity contribution is 5.70. The Kier molecular flexibility index (Phi) is 5.15. The van der Waals surface area contributed by atoms with Crippen molar-refractivity contribution in [1.82, 2.24) is 0 Å². The highest BCUT2D eigenvalue weighted by atomic mass is 16.6. The average molecular weight is 226 g/mol. The molecular weight excluding hydrogens is 212 g/mol. The molecular formula is C11H14O5. The van der Waals surface area contributed by atoms with E-state index in [2.05, 4.69) is 4.74 Å². The summed E-state index contributed by atoms with van der Waals surface area (Å²) in [4.78, 5) is 10.8. The van der Waals surface area contributed by atoms with Gasteiger partial charge in [0.15, 0.2) is 6.61 Å². The summed E-state index contributed by atoms with van der Waals surface area (Å²) >= 11 is 0. The first-order valence-electron chi connectivity index (χ1n) is 4.79. The zero-order valence-electron chi connectivity index (χ0n) is 9.01. The molecule has 16 heavy (non-hydrogen) atoms. The van der Waals surface area contributed by atoms with Crippen molar-refractivity contribution >= 4 is 5.97 Å². The minimum absolute atomic E-state index is 0.0272. The summed E-state index contributed by atoms with van der Waals surface area (Å²) in [5, 5.41) is 8.55. The standard InChI is InChI=1S/C11H14O5/c1-14-11(13)8-16-10-4-2-9(3-5-10)15-7-6-12/h2-5,12H,6-8H2,1H3. The van der Waals surface area contributed by atoms with Crippen molar-refractivity contribution in [3.63, 3.8) is 0 Å². The second-order valence-corrected chi connectivity index (χ2v) is 2.91. The summed E-state index contributed by atoms with van der Waals surface area (Å²) in [6.45, 7) is 0.107. The monoisotopic (exact) mass is 226 g/mol. The van der Waals surface area contributed by atoms with E-state index in [1.807, 2.05) is 0 Å². The number of aliphatic hydroxyl groups excluding tert-OH is 1. The van der Waals surface area contributed by atoms with Gasteiger partial charge < -0.3 is 19.3 Å². The van der Waals surface area contributed by atoms with Gasteiger partial charge in [-0.25, -0.2) is 4.79 Å². The molecule has 5 nitrogen and oxygen atoms in total. The molecule has 0 aliphatic rings. The minimum Gasteiger partial charge on any atom is -0.491 e. The van der Waals surface area contributed by atoms with Crippen molar-refractivity contribution < 1.29 is 24.1 Å². The first-order chi connectivity index (χ1) is 7.76. The number of rotatable bonds is 6. The van der Waals surface area contributed by atoms with E-state index in [0.29, 0.717) is 11.5 Å². The van der Waals surface area contributed by atoms with Crippen LogP contribution in [0, 0.1) is 0 Å². The van der Waals surface area contributed by atoms with Crippen molar-refractivity contribution in [1.29, 1.82) is 0 Å². The van der Waals surface area contributed by atoms with Crippen LogP contribution in [0.5, 0.6) is 11.5 Å². The molecule has 0 atom stereocenters. The number of ether oxygens (including phenoxy) is 3. The molecule has 1 N–H and O–H groups in total. The van der Waals surface area contributed by atoms with Crippen LogP contribution in [-0.2, 0) is 9.53 Å². The lowest BCUT2D eigenvalue weighted by Crippen LogP contribution is -2.12. The quantitative estimate of drug-likeness (QED) is 0.720. The van der Waals surface area contributed by atoms with Crippen LogP contribution in [0.2, 0.25) is 0 Å². The van der Waals surface area contributed by atoms with E-state index in [9.17, 15) is 4.79 Å². The third-order valence-electron chi connectivity index (χ3n) is 1.77. The normalized spacial score (nSPS) is 9.62. The molecule has 0 amide bonds. The van der Waals surface area contributed by atoms with Gasteiger partial charge in [0.2, 0.25) is 0 Å². The summed E-state index contributed by atoms with van der Waals surface area (Å²) in [5.41, 5.74) is 0. The largest absolute Gasteiger partial charge is 0.491 e. The van der Waals surface area contributed by atoms with Crippen molar-refractivity contribution in [2.75, 3.05) is 26.9 Å². The molecule has 0 saturated carbocycles. The summed E-state index contributed by atoms with van der Waals surface area (Å²) in [5.74, 6) is 0.766. The van der Waals surface area contributed by atoms with Crippen molar-refractivity contribution in [2.45, 2.75) is 0 Å². The Morgan fingerprint density at radius 2 is 1.75 bits per heavy atom. The van der Waals surface area contributed by atoms with Crippen molar-refractivity contribution in [3.8, 4) is 11.5 Å². The number of esters is 1. The lowest BCUT2D eigenvalue weighted by molar-refractivity contribution is -0.142. The maximum Gasteiger partial charge on any atom is 0.343 e. The van der Waals surface area contributed by atoms with Crippen LogP contribution >= 0.6 is 0 Å². The van der Waals surface area contributed by atoms with Gasteiger partial charge in [-0.05, 0) is 24.3 Å². The van der Waals surface area contributed by atoms with E-state index >= 15 is 0 Å². The van der Waals surface area contributed by atoms with Crippen LogP contribution < -0.4 is 9.47 Å². The predicted molar refractivity (Wildman–Crippen MR) is 56.5 cm³/mol. The van der Waals surface area contributed by atoms with Crippen LogP contribution in [0.25, 0.3) is 0 Å². The number of hydrogen-bond acceptors (Lipinski definition) is 5. The van der Waals surface area contributed by atoms with E-state index in [1.54, 1.807) is 24.3 Å². The lowest BCUT2D eigenvalue weighted by atomic mass is 10.3. The van der Waals surface area contributed by atoms with Gasteiger partial charge in [0.1, 0.15) is 18.1 Å². The summed E-state index contributed by atoms with van der Waals surface area (Å²) < 4.78 is 14.7. The number of hydrogen-bond donors (Lipinski definition) is 1. The van der Waals surface area contributed by atoms with Crippen LogP contribution in [0.4, 0.5) is 0 Å². The van der Waals surface area contributed by atoms with Crippen molar-refractivity contribution in [3.05, 3.63) is 24.3 Å². The summed E-state index contributed by atoms with van der Waals surface area (Å²) in [6.07, 6.45) is 0. The molecule has 0 unspecified atom stereocenters. The Balaban J connectivity index is 2.41. The number of aliphatic hydroxyl groups is 1.